The molecule has 2 rings (SSSR count). The van der Waals surface area contributed by atoms with E-state index in [9.17, 15) is 4.79 Å². The van der Waals surface area contributed by atoms with Gasteiger partial charge in [0.2, 0.25) is 5.91 Å². The van der Waals surface area contributed by atoms with Crippen molar-refractivity contribution in [2.75, 3.05) is 37.7 Å². The number of nitriles is 1. The van der Waals surface area contributed by atoms with E-state index in [-0.39, 0.29) is 11.9 Å². The molecule has 0 saturated carbocycles. The van der Waals surface area contributed by atoms with Gasteiger partial charge in [-0.05, 0) is 44.0 Å². The van der Waals surface area contributed by atoms with E-state index in [0.717, 1.165) is 17.8 Å². The Morgan fingerprint density at radius 1 is 1.43 bits per heavy atom. The van der Waals surface area contributed by atoms with E-state index in [4.69, 9.17) is 10.00 Å². The van der Waals surface area contributed by atoms with Crippen LogP contribution in [0.25, 0.3) is 0 Å². The van der Waals surface area contributed by atoms with Crippen LogP contribution in [0, 0.1) is 25.2 Å². The van der Waals surface area contributed by atoms with E-state index in [2.05, 4.69) is 24.8 Å². The summed E-state index contributed by atoms with van der Waals surface area (Å²) in [6.07, 6.45) is 0.331. The molecule has 1 aromatic rings. The molecule has 0 spiro atoms. The van der Waals surface area contributed by atoms with Crippen molar-refractivity contribution in [3.05, 3.63) is 29.3 Å². The Morgan fingerprint density at radius 2 is 2.22 bits per heavy atom. The monoisotopic (exact) mass is 315 g/mol. The molecule has 0 N–H and O–H groups in total. The molecule has 0 bridgehead atoms. The number of anilines is 1. The number of carbonyl (C=O) groups excluding carboxylic acids is 1. The maximum atomic E-state index is 12.8. The molecule has 5 nitrogen and oxygen atoms in total. The Kier molecular flexibility index (Phi) is 6.14. The van der Waals surface area contributed by atoms with Crippen molar-refractivity contribution in [3.8, 4) is 6.07 Å². The molecular weight excluding hydrogens is 290 g/mol. The Bertz CT molecular complexity index is 594. The zero-order valence-electron chi connectivity index (χ0n) is 14.2. The molecule has 0 unspecified atom stereocenters. The van der Waals surface area contributed by atoms with Gasteiger partial charge in [-0.15, -0.1) is 0 Å². The van der Waals surface area contributed by atoms with Gasteiger partial charge in [0.1, 0.15) is 0 Å². The van der Waals surface area contributed by atoms with Gasteiger partial charge < -0.3 is 9.64 Å². The molecule has 5 heteroatoms. The highest BCUT2D eigenvalue weighted by molar-refractivity contribution is 5.95. The zero-order valence-corrected chi connectivity index (χ0v) is 14.2. The van der Waals surface area contributed by atoms with E-state index < -0.39 is 0 Å². The Morgan fingerprint density at radius 3 is 2.87 bits per heavy atom. The lowest BCUT2D eigenvalue weighted by Gasteiger charge is -2.34. The van der Waals surface area contributed by atoms with Gasteiger partial charge in [-0.1, -0.05) is 6.07 Å². The number of carbonyl (C=O) groups is 1. The highest BCUT2D eigenvalue weighted by atomic mass is 16.5. The molecule has 124 valence electrons. The summed E-state index contributed by atoms with van der Waals surface area (Å²) < 4.78 is 5.42. The van der Waals surface area contributed by atoms with Crippen LogP contribution in [0.3, 0.4) is 0 Å². The van der Waals surface area contributed by atoms with E-state index in [1.165, 1.54) is 5.56 Å². The fourth-order valence-electron chi connectivity index (χ4n) is 2.71. The van der Waals surface area contributed by atoms with Gasteiger partial charge in [-0.2, -0.15) is 5.26 Å². The van der Waals surface area contributed by atoms with E-state index in [0.29, 0.717) is 32.7 Å². The highest BCUT2D eigenvalue weighted by Crippen LogP contribution is 2.20. The minimum Gasteiger partial charge on any atom is -0.379 e. The Labute approximate surface area is 138 Å². The average molecular weight is 315 g/mol. The second kappa shape index (κ2) is 8.09. The first-order valence-corrected chi connectivity index (χ1v) is 8.09. The fraction of sp³-hybridized carbons (Fsp3) is 0.556. The van der Waals surface area contributed by atoms with Gasteiger partial charge >= 0.3 is 0 Å². The van der Waals surface area contributed by atoms with E-state index in [1.54, 1.807) is 4.90 Å². The summed E-state index contributed by atoms with van der Waals surface area (Å²) in [6.45, 7) is 9.05. The predicted molar refractivity (Wildman–Crippen MR) is 90.4 cm³/mol. The van der Waals surface area contributed by atoms with Gasteiger partial charge in [-0.3, -0.25) is 9.69 Å². The van der Waals surface area contributed by atoms with Crippen molar-refractivity contribution >= 4 is 11.6 Å². The zero-order chi connectivity index (χ0) is 16.8. The van der Waals surface area contributed by atoms with Crippen molar-refractivity contribution in [1.82, 2.24) is 4.90 Å². The first-order chi connectivity index (χ1) is 11.0. The number of morpholine rings is 1. The number of rotatable bonds is 5. The molecule has 0 radical (unpaired) electrons. The van der Waals surface area contributed by atoms with Crippen LogP contribution in [0.2, 0.25) is 0 Å². The van der Waals surface area contributed by atoms with Crippen LogP contribution in [0.15, 0.2) is 18.2 Å². The molecule has 1 aliphatic heterocycles. The van der Waals surface area contributed by atoms with Crippen molar-refractivity contribution in [3.63, 3.8) is 0 Å². The summed E-state index contributed by atoms with van der Waals surface area (Å²) >= 11 is 0. The van der Waals surface area contributed by atoms with E-state index >= 15 is 0 Å². The van der Waals surface area contributed by atoms with Gasteiger partial charge in [-0.25, -0.2) is 0 Å². The van der Waals surface area contributed by atoms with Gasteiger partial charge in [0.05, 0.1) is 32.2 Å². The number of nitrogens with zero attached hydrogens (tertiary/aromatic N) is 3. The predicted octanol–water partition coefficient (Wildman–Crippen LogP) is 2.27. The third kappa shape index (κ3) is 4.54. The molecule has 1 aliphatic rings. The summed E-state index contributed by atoms with van der Waals surface area (Å²) in [6, 6.07) is 8.38. The summed E-state index contributed by atoms with van der Waals surface area (Å²) in [5.74, 6) is 0.0391. The molecule has 1 saturated heterocycles. The maximum absolute atomic E-state index is 12.8. The molecule has 1 amide bonds. The van der Waals surface area contributed by atoms with Crippen molar-refractivity contribution in [2.45, 2.75) is 33.2 Å². The normalized spacial score (nSPS) is 18.4. The summed E-state index contributed by atoms with van der Waals surface area (Å²) in [5, 5.41) is 8.89. The smallest absolute Gasteiger partial charge is 0.241 e. The number of hydrogen-bond donors (Lipinski definition) is 0. The van der Waals surface area contributed by atoms with Crippen LogP contribution in [-0.2, 0) is 9.53 Å². The van der Waals surface area contributed by atoms with Crippen LogP contribution in [0.1, 0.15) is 24.5 Å². The van der Waals surface area contributed by atoms with Crippen LogP contribution in [-0.4, -0.2) is 49.7 Å². The maximum Gasteiger partial charge on any atom is 0.241 e. The second-order valence-electron chi connectivity index (χ2n) is 6.12. The van der Waals surface area contributed by atoms with Crippen molar-refractivity contribution in [2.24, 2.45) is 0 Å². The number of hydrogen-bond acceptors (Lipinski definition) is 4. The Hall–Kier alpha value is -1.90. The molecular formula is C18H25N3O2. The van der Waals surface area contributed by atoms with Gasteiger partial charge in [0, 0.05) is 24.8 Å². The topological polar surface area (TPSA) is 56.6 Å². The van der Waals surface area contributed by atoms with Gasteiger partial charge in [0.15, 0.2) is 0 Å². The fourth-order valence-corrected chi connectivity index (χ4v) is 2.71. The first-order valence-electron chi connectivity index (χ1n) is 8.09. The van der Waals surface area contributed by atoms with Crippen LogP contribution < -0.4 is 4.90 Å². The highest BCUT2D eigenvalue weighted by Gasteiger charge is 2.24. The first kappa shape index (κ1) is 17.5. The van der Waals surface area contributed by atoms with Crippen LogP contribution in [0.5, 0.6) is 0 Å². The minimum atomic E-state index is 0.0391. The molecule has 1 heterocycles. The standard InChI is InChI=1S/C18H25N3O2/c1-14-5-6-17(11-15(14)2)21(8-4-7-19)18(22)12-20-9-10-23-13-16(20)3/h5-6,11,16H,4,8-10,12-13H2,1-3H3/t16-/m1/s1. The van der Waals surface area contributed by atoms with Gasteiger partial charge in [0.25, 0.3) is 0 Å². The minimum absolute atomic E-state index is 0.0391. The SMILES string of the molecule is Cc1ccc(N(CCC#N)C(=O)CN2CCOC[C@H]2C)cc1C. The summed E-state index contributed by atoms with van der Waals surface area (Å²) in [5.41, 5.74) is 3.22. The van der Waals surface area contributed by atoms with Crippen molar-refractivity contribution < 1.29 is 9.53 Å². The number of aryl methyl sites for hydroxylation is 2. The number of amides is 1. The molecule has 1 fully saturated rings. The third-order valence-corrected chi connectivity index (χ3v) is 4.39. The third-order valence-electron chi connectivity index (χ3n) is 4.39. The lowest BCUT2D eigenvalue weighted by atomic mass is 10.1. The second-order valence-corrected chi connectivity index (χ2v) is 6.12. The lowest BCUT2D eigenvalue weighted by Crippen LogP contribution is -2.49. The molecule has 1 atom stereocenters. The van der Waals surface area contributed by atoms with Crippen molar-refractivity contribution in [1.29, 1.82) is 5.26 Å². The number of ether oxygens (including phenoxy) is 1. The van der Waals surface area contributed by atoms with Crippen LogP contribution in [0.4, 0.5) is 5.69 Å². The molecule has 23 heavy (non-hydrogen) atoms. The lowest BCUT2D eigenvalue weighted by molar-refractivity contribution is -0.121. The molecule has 0 aromatic heterocycles. The largest absolute Gasteiger partial charge is 0.379 e. The Balaban J connectivity index is 2.14. The summed E-state index contributed by atoms with van der Waals surface area (Å²) in [7, 11) is 0. The van der Waals surface area contributed by atoms with E-state index in [1.807, 2.05) is 25.1 Å². The number of benzene rings is 1. The quantitative estimate of drug-likeness (QED) is 0.836. The molecule has 1 aromatic carbocycles. The average Bonchev–Trinajstić information content (AvgIpc) is 2.53. The summed E-state index contributed by atoms with van der Waals surface area (Å²) in [4.78, 5) is 16.7. The molecule has 0 aliphatic carbocycles. The van der Waals surface area contributed by atoms with Crippen LogP contribution >= 0.6 is 0 Å².